The number of fused-ring (bicyclic) bond motifs is 1. The van der Waals surface area contributed by atoms with Crippen LogP contribution in [-0.2, 0) is 6.18 Å². The average Bonchev–Trinajstić information content (AvgIpc) is 2.73. The summed E-state index contributed by atoms with van der Waals surface area (Å²) in [5, 5.41) is 6.57. The summed E-state index contributed by atoms with van der Waals surface area (Å²) in [4.78, 5) is 16.0. The highest BCUT2D eigenvalue weighted by molar-refractivity contribution is 6.39. The molecule has 4 rings (SSSR count). The number of hydrogen-bond donors (Lipinski definition) is 2. The Labute approximate surface area is 201 Å². The normalized spacial score (nSPS) is 18.7. The van der Waals surface area contributed by atoms with Gasteiger partial charge in [0.2, 0.25) is 0 Å². The quantitative estimate of drug-likeness (QED) is 0.366. The Morgan fingerprint density at radius 1 is 0.912 bits per heavy atom. The van der Waals surface area contributed by atoms with Crippen molar-refractivity contribution in [2.24, 2.45) is 0 Å². The van der Waals surface area contributed by atoms with E-state index >= 15 is 0 Å². The third-order valence-corrected chi connectivity index (χ3v) is 6.18. The van der Waals surface area contributed by atoms with Crippen LogP contribution in [0.25, 0.3) is 10.9 Å². The fourth-order valence-corrected chi connectivity index (χ4v) is 4.68. The number of benzene rings is 2. The Kier molecular flexibility index (Phi) is 6.87. The van der Waals surface area contributed by atoms with Gasteiger partial charge in [-0.2, -0.15) is 13.2 Å². The number of aromatic nitrogens is 1. The van der Waals surface area contributed by atoms with Crippen LogP contribution >= 0.6 is 23.2 Å². The van der Waals surface area contributed by atoms with Gasteiger partial charge in [-0.25, -0.2) is 13.8 Å². The first kappa shape index (κ1) is 24.5. The number of nitrogens with one attached hydrogen (secondary N) is 2. The summed E-state index contributed by atoms with van der Waals surface area (Å²) in [7, 11) is 0. The molecule has 2 aromatic carbocycles. The molecule has 0 unspecified atom stereocenters. The van der Waals surface area contributed by atoms with Crippen molar-refractivity contribution < 1.29 is 26.7 Å². The van der Waals surface area contributed by atoms with E-state index in [9.17, 15) is 26.7 Å². The maximum Gasteiger partial charge on any atom is 0.433 e. The molecule has 0 atom stereocenters. The van der Waals surface area contributed by atoms with Crippen LogP contribution in [-0.4, -0.2) is 23.0 Å². The van der Waals surface area contributed by atoms with Crippen molar-refractivity contribution in [1.82, 2.24) is 10.3 Å². The summed E-state index contributed by atoms with van der Waals surface area (Å²) in [5.74, 6) is -2.28. The predicted molar refractivity (Wildman–Crippen MR) is 120 cm³/mol. The van der Waals surface area contributed by atoms with Gasteiger partial charge in [0.1, 0.15) is 17.3 Å². The molecule has 1 aromatic heterocycles. The number of alkyl halides is 3. The lowest BCUT2D eigenvalue weighted by Gasteiger charge is -2.31. The van der Waals surface area contributed by atoms with E-state index in [0.29, 0.717) is 37.1 Å². The van der Waals surface area contributed by atoms with E-state index in [1.54, 1.807) is 0 Å². The molecule has 1 aliphatic rings. The number of amides is 1. The van der Waals surface area contributed by atoms with Crippen molar-refractivity contribution in [3.63, 3.8) is 0 Å². The third kappa shape index (κ3) is 5.52. The number of pyridine rings is 1. The second-order valence-corrected chi connectivity index (χ2v) is 9.00. The average molecular weight is 518 g/mol. The van der Waals surface area contributed by atoms with Gasteiger partial charge < -0.3 is 10.6 Å². The fourth-order valence-electron chi connectivity index (χ4n) is 4.10. The molecule has 4 nitrogen and oxygen atoms in total. The molecule has 0 spiro atoms. The number of carbonyl (C=O) groups excluding carboxylic acids is 1. The third-order valence-electron chi connectivity index (χ3n) is 5.66. The highest BCUT2D eigenvalue weighted by Crippen LogP contribution is 2.38. The molecule has 0 bridgehead atoms. The zero-order valence-corrected chi connectivity index (χ0v) is 19.0. The molecule has 180 valence electrons. The first-order valence-corrected chi connectivity index (χ1v) is 11.2. The van der Waals surface area contributed by atoms with Crippen LogP contribution in [0.15, 0.2) is 36.4 Å². The second kappa shape index (κ2) is 9.54. The smallest absolute Gasteiger partial charge is 0.382 e. The van der Waals surface area contributed by atoms with E-state index in [1.807, 2.05) is 0 Å². The van der Waals surface area contributed by atoms with E-state index in [1.165, 1.54) is 12.1 Å². The number of anilines is 1. The van der Waals surface area contributed by atoms with Gasteiger partial charge >= 0.3 is 6.18 Å². The van der Waals surface area contributed by atoms with Crippen LogP contribution in [0.5, 0.6) is 0 Å². The topological polar surface area (TPSA) is 54.0 Å². The van der Waals surface area contributed by atoms with Crippen molar-refractivity contribution in [2.75, 3.05) is 5.32 Å². The number of halogens is 7. The minimum absolute atomic E-state index is 0.0260. The van der Waals surface area contributed by atoms with E-state index in [-0.39, 0.29) is 38.9 Å². The lowest BCUT2D eigenvalue weighted by molar-refractivity contribution is -0.140. The molecule has 0 radical (unpaired) electrons. The lowest BCUT2D eigenvalue weighted by Crippen LogP contribution is -2.40. The van der Waals surface area contributed by atoms with Gasteiger partial charge in [0.25, 0.3) is 5.91 Å². The maximum atomic E-state index is 13.4. The fraction of sp³-hybridized carbons (Fsp3) is 0.304. The zero-order valence-electron chi connectivity index (χ0n) is 17.4. The molecule has 0 aliphatic heterocycles. The number of nitrogens with zero attached hydrogens (tertiary/aromatic N) is 1. The van der Waals surface area contributed by atoms with Crippen LogP contribution in [0.4, 0.5) is 27.6 Å². The van der Waals surface area contributed by atoms with Crippen molar-refractivity contribution in [3.05, 3.63) is 69.3 Å². The molecule has 1 amide bonds. The van der Waals surface area contributed by atoms with E-state index in [0.717, 1.165) is 18.2 Å². The monoisotopic (exact) mass is 517 g/mol. The Hall–Kier alpha value is -2.65. The predicted octanol–water partition coefficient (Wildman–Crippen LogP) is 6.99. The first-order chi connectivity index (χ1) is 16.0. The molecule has 1 aliphatic carbocycles. The van der Waals surface area contributed by atoms with Gasteiger partial charge in [-0.05, 0) is 56.0 Å². The van der Waals surface area contributed by atoms with E-state index in [2.05, 4.69) is 15.6 Å². The van der Waals surface area contributed by atoms with Crippen molar-refractivity contribution in [2.45, 2.75) is 43.9 Å². The maximum absolute atomic E-state index is 13.4. The van der Waals surface area contributed by atoms with Gasteiger partial charge in [0, 0.05) is 39.8 Å². The van der Waals surface area contributed by atoms with Crippen LogP contribution < -0.4 is 10.6 Å². The van der Waals surface area contributed by atoms with Gasteiger partial charge in [-0.3, -0.25) is 4.79 Å². The van der Waals surface area contributed by atoms with Gasteiger partial charge in [0.05, 0.1) is 10.5 Å². The summed E-state index contributed by atoms with van der Waals surface area (Å²) in [6, 6.07) is 5.85. The van der Waals surface area contributed by atoms with Gasteiger partial charge in [0.15, 0.2) is 0 Å². The summed E-state index contributed by atoms with van der Waals surface area (Å²) < 4.78 is 66.9. The van der Waals surface area contributed by atoms with E-state index in [4.69, 9.17) is 23.2 Å². The van der Waals surface area contributed by atoms with Gasteiger partial charge in [-0.1, -0.05) is 23.2 Å². The molecule has 3 aromatic rings. The molecule has 1 saturated carbocycles. The Bertz CT molecular complexity index is 1220. The molecule has 2 N–H and O–H groups in total. The van der Waals surface area contributed by atoms with Gasteiger partial charge in [-0.15, -0.1) is 0 Å². The zero-order chi connectivity index (χ0) is 24.6. The molecular formula is C23H18Cl2F5N3O. The van der Waals surface area contributed by atoms with Crippen LogP contribution in [0.2, 0.25) is 10.0 Å². The van der Waals surface area contributed by atoms with Crippen LogP contribution in [0.3, 0.4) is 0 Å². The number of carbonyl (C=O) groups is 1. The van der Waals surface area contributed by atoms with Crippen LogP contribution in [0.1, 0.15) is 41.7 Å². The molecule has 34 heavy (non-hydrogen) atoms. The summed E-state index contributed by atoms with van der Waals surface area (Å²) in [6.45, 7) is 0. The Morgan fingerprint density at radius 2 is 1.53 bits per heavy atom. The Morgan fingerprint density at radius 3 is 2.15 bits per heavy atom. The molecule has 0 saturated heterocycles. The lowest BCUT2D eigenvalue weighted by atomic mass is 9.90. The number of rotatable bonds is 4. The van der Waals surface area contributed by atoms with Crippen molar-refractivity contribution in [1.29, 1.82) is 0 Å². The van der Waals surface area contributed by atoms with Crippen molar-refractivity contribution >= 4 is 45.7 Å². The first-order valence-electron chi connectivity index (χ1n) is 10.4. The molecule has 1 fully saturated rings. The molecule has 1 heterocycles. The standard InChI is InChI=1S/C23H18Cl2F5N3O/c24-12-7-17(25)21-18(8-12)33-20(23(28,29)30)10-19(21)31-15-1-3-16(4-2-15)32-22(34)11-5-13(26)9-14(27)6-11/h5-10,15-16H,1-4H2,(H,31,33)(H,32,34). The van der Waals surface area contributed by atoms with E-state index < -0.39 is 29.4 Å². The summed E-state index contributed by atoms with van der Waals surface area (Å²) in [5.41, 5.74) is -0.960. The Balaban J connectivity index is 1.47. The SMILES string of the molecule is O=C(NC1CCC(Nc2cc(C(F)(F)F)nc3cc(Cl)cc(Cl)c23)CC1)c1cc(F)cc(F)c1. The summed E-state index contributed by atoms with van der Waals surface area (Å²) >= 11 is 12.2. The second-order valence-electron chi connectivity index (χ2n) is 8.16. The summed E-state index contributed by atoms with van der Waals surface area (Å²) in [6.07, 6.45) is -2.53. The van der Waals surface area contributed by atoms with Crippen molar-refractivity contribution in [3.8, 4) is 0 Å². The highest BCUT2D eigenvalue weighted by atomic mass is 35.5. The largest absolute Gasteiger partial charge is 0.433 e. The number of hydrogen-bond acceptors (Lipinski definition) is 3. The highest BCUT2D eigenvalue weighted by Gasteiger charge is 2.34. The van der Waals surface area contributed by atoms with Crippen LogP contribution in [0, 0.1) is 11.6 Å². The minimum atomic E-state index is -4.66. The minimum Gasteiger partial charge on any atom is -0.382 e. The molecule has 11 heteroatoms. The molecular weight excluding hydrogens is 500 g/mol.